The van der Waals surface area contributed by atoms with Crippen molar-refractivity contribution in [2.75, 3.05) is 26.2 Å². The number of nitrogens with zero attached hydrogens (tertiary/aromatic N) is 3. The van der Waals surface area contributed by atoms with Crippen molar-refractivity contribution in [2.45, 2.75) is 25.4 Å². The summed E-state index contributed by atoms with van der Waals surface area (Å²) in [5.41, 5.74) is 2.51. The monoisotopic (exact) mass is 365 g/mol. The lowest BCUT2D eigenvalue weighted by atomic mass is 10.0. The zero-order valence-corrected chi connectivity index (χ0v) is 15.4. The second-order valence-electron chi connectivity index (χ2n) is 7.38. The molecule has 0 radical (unpaired) electrons. The van der Waals surface area contributed by atoms with Crippen LogP contribution in [0, 0.1) is 6.92 Å². The average Bonchev–Trinajstić information content (AvgIpc) is 3.46. The van der Waals surface area contributed by atoms with Crippen molar-refractivity contribution in [1.82, 2.24) is 14.8 Å². The molecule has 4 rings (SSSR count). The van der Waals surface area contributed by atoms with E-state index >= 15 is 0 Å². The fourth-order valence-corrected chi connectivity index (χ4v) is 3.37. The van der Waals surface area contributed by atoms with Gasteiger partial charge in [0.15, 0.2) is 0 Å². The fourth-order valence-electron chi connectivity index (χ4n) is 3.37. The van der Waals surface area contributed by atoms with E-state index in [9.17, 15) is 14.7 Å². The van der Waals surface area contributed by atoms with Crippen molar-refractivity contribution in [2.24, 2.45) is 0 Å². The average molecular weight is 365 g/mol. The van der Waals surface area contributed by atoms with Gasteiger partial charge < -0.3 is 14.9 Å². The van der Waals surface area contributed by atoms with Crippen LogP contribution in [0.5, 0.6) is 0 Å². The quantitative estimate of drug-likeness (QED) is 0.901. The maximum Gasteiger partial charge on any atom is 0.254 e. The van der Waals surface area contributed by atoms with Gasteiger partial charge in [-0.05, 0) is 43.5 Å². The van der Waals surface area contributed by atoms with Gasteiger partial charge in [0.05, 0.1) is 0 Å². The maximum absolute atomic E-state index is 12.7. The first-order valence-electron chi connectivity index (χ1n) is 9.30. The predicted molar refractivity (Wildman–Crippen MR) is 101 cm³/mol. The zero-order chi connectivity index (χ0) is 19.0. The first kappa shape index (κ1) is 17.7. The highest BCUT2D eigenvalue weighted by molar-refractivity contribution is 5.95. The molecular formula is C21H23N3O3. The molecular weight excluding hydrogens is 342 g/mol. The molecule has 1 saturated heterocycles. The lowest BCUT2D eigenvalue weighted by Crippen LogP contribution is -2.53. The van der Waals surface area contributed by atoms with Gasteiger partial charge in [0.2, 0.25) is 0 Å². The number of benzene rings is 1. The van der Waals surface area contributed by atoms with Crippen molar-refractivity contribution in [3.8, 4) is 11.1 Å². The number of carbonyl (C=O) groups is 2. The topological polar surface area (TPSA) is 73.7 Å². The van der Waals surface area contributed by atoms with E-state index in [4.69, 9.17) is 0 Å². The molecule has 1 aromatic heterocycles. The Morgan fingerprint density at radius 1 is 0.926 bits per heavy atom. The summed E-state index contributed by atoms with van der Waals surface area (Å²) in [6, 6.07) is 11.5. The Hall–Kier alpha value is -2.73. The van der Waals surface area contributed by atoms with Crippen LogP contribution in [0.25, 0.3) is 11.1 Å². The summed E-state index contributed by atoms with van der Waals surface area (Å²) < 4.78 is 0. The minimum atomic E-state index is -1.13. The van der Waals surface area contributed by atoms with Crippen LogP contribution in [-0.4, -0.2) is 63.5 Å². The Morgan fingerprint density at radius 3 is 2.07 bits per heavy atom. The van der Waals surface area contributed by atoms with Gasteiger partial charge in [0, 0.05) is 49.2 Å². The molecule has 0 atom stereocenters. The first-order valence-corrected chi connectivity index (χ1v) is 9.30. The molecule has 0 spiro atoms. The normalized spacial score (nSPS) is 18.3. The number of aliphatic hydroxyl groups is 1. The van der Waals surface area contributed by atoms with Crippen molar-refractivity contribution < 1.29 is 14.7 Å². The number of aromatic nitrogens is 1. The molecule has 1 aromatic carbocycles. The molecule has 2 aromatic rings. The molecule has 2 aliphatic rings. The molecule has 1 aliphatic carbocycles. The zero-order valence-electron chi connectivity index (χ0n) is 15.4. The van der Waals surface area contributed by atoms with Crippen LogP contribution in [0.15, 0.2) is 42.6 Å². The van der Waals surface area contributed by atoms with Gasteiger partial charge in [-0.2, -0.15) is 0 Å². The lowest BCUT2D eigenvalue weighted by molar-refractivity contribution is -0.143. The van der Waals surface area contributed by atoms with Gasteiger partial charge >= 0.3 is 0 Å². The molecule has 2 amide bonds. The summed E-state index contributed by atoms with van der Waals surface area (Å²) in [5.74, 6) is -0.216. The summed E-state index contributed by atoms with van der Waals surface area (Å²) in [6.07, 6.45) is 2.93. The highest BCUT2D eigenvalue weighted by atomic mass is 16.3. The Labute approximate surface area is 158 Å². The molecule has 2 heterocycles. The summed E-state index contributed by atoms with van der Waals surface area (Å²) in [6.45, 7) is 3.87. The van der Waals surface area contributed by atoms with E-state index in [1.54, 1.807) is 9.80 Å². The third kappa shape index (κ3) is 3.57. The Bertz CT molecular complexity index is 849. The van der Waals surface area contributed by atoms with Crippen LogP contribution in [0.4, 0.5) is 0 Å². The van der Waals surface area contributed by atoms with Crippen LogP contribution in [0.1, 0.15) is 28.9 Å². The standard InChI is InChI=1S/C21H23N3O3/c1-15-2-3-18(14-22-15)16-4-6-17(7-5-16)19(25)23-10-12-24(13-11-23)20(26)21(27)8-9-21/h2-7,14,27H,8-13H2,1H3. The van der Waals surface area contributed by atoms with Crippen molar-refractivity contribution in [3.05, 3.63) is 53.9 Å². The molecule has 0 bridgehead atoms. The number of pyridine rings is 1. The van der Waals surface area contributed by atoms with Gasteiger partial charge in [-0.3, -0.25) is 14.6 Å². The first-order chi connectivity index (χ1) is 13.0. The van der Waals surface area contributed by atoms with Crippen molar-refractivity contribution in [3.63, 3.8) is 0 Å². The number of piperazine rings is 1. The highest BCUT2D eigenvalue weighted by Gasteiger charge is 2.50. The van der Waals surface area contributed by atoms with E-state index in [-0.39, 0.29) is 11.8 Å². The SMILES string of the molecule is Cc1ccc(-c2ccc(C(=O)N3CCN(C(=O)C4(O)CC4)CC3)cc2)cn1. The molecule has 1 saturated carbocycles. The second kappa shape index (κ2) is 6.78. The lowest BCUT2D eigenvalue weighted by Gasteiger charge is -2.35. The summed E-state index contributed by atoms with van der Waals surface area (Å²) in [5, 5.41) is 9.96. The van der Waals surface area contributed by atoms with Crippen molar-refractivity contribution >= 4 is 11.8 Å². The molecule has 6 heteroatoms. The van der Waals surface area contributed by atoms with Crippen LogP contribution in [0.3, 0.4) is 0 Å². The molecule has 1 aliphatic heterocycles. The Morgan fingerprint density at radius 2 is 1.52 bits per heavy atom. The summed E-state index contributed by atoms with van der Waals surface area (Å²) in [7, 11) is 0. The number of rotatable bonds is 3. The molecule has 140 valence electrons. The Kier molecular flexibility index (Phi) is 4.44. The van der Waals surface area contributed by atoms with E-state index in [2.05, 4.69) is 4.98 Å². The van der Waals surface area contributed by atoms with Gasteiger partial charge in [0.25, 0.3) is 11.8 Å². The third-order valence-corrected chi connectivity index (χ3v) is 5.35. The highest BCUT2D eigenvalue weighted by Crippen LogP contribution is 2.37. The number of aryl methyl sites for hydroxylation is 1. The number of hydrogen-bond donors (Lipinski definition) is 1. The second-order valence-corrected chi connectivity index (χ2v) is 7.38. The maximum atomic E-state index is 12.7. The van der Waals surface area contributed by atoms with Crippen molar-refractivity contribution in [1.29, 1.82) is 0 Å². The van der Waals surface area contributed by atoms with Gasteiger partial charge in [-0.15, -0.1) is 0 Å². The fraction of sp³-hybridized carbons (Fsp3) is 0.381. The number of carbonyl (C=O) groups excluding carboxylic acids is 2. The van der Waals surface area contributed by atoms with Gasteiger partial charge in [0.1, 0.15) is 5.60 Å². The van der Waals surface area contributed by atoms with Gasteiger partial charge in [-0.1, -0.05) is 18.2 Å². The van der Waals surface area contributed by atoms with Gasteiger partial charge in [-0.25, -0.2) is 0 Å². The van der Waals surface area contributed by atoms with E-state index in [0.29, 0.717) is 44.6 Å². The van der Waals surface area contributed by atoms with E-state index < -0.39 is 5.60 Å². The van der Waals surface area contributed by atoms with Crippen LogP contribution >= 0.6 is 0 Å². The Balaban J connectivity index is 1.38. The number of amides is 2. The molecule has 0 unspecified atom stereocenters. The van der Waals surface area contributed by atoms with E-state index in [0.717, 1.165) is 16.8 Å². The van der Waals surface area contributed by atoms with E-state index in [1.807, 2.05) is 49.5 Å². The molecule has 1 N–H and O–H groups in total. The third-order valence-electron chi connectivity index (χ3n) is 5.35. The number of hydrogen-bond acceptors (Lipinski definition) is 4. The molecule has 6 nitrogen and oxygen atoms in total. The van der Waals surface area contributed by atoms with Crippen LogP contribution < -0.4 is 0 Å². The molecule has 27 heavy (non-hydrogen) atoms. The minimum Gasteiger partial charge on any atom is -0.380 e. The summed E-state index contributed by atoms with van der Waals surface area (Å²) in [4.78, 5) is 32.7. The van der Waals surface area contributed by atoms with Crippen LogP contribution in [-0.2, 0) is 4.79 Å². The van der Waals surface area contributed by atoms with E-state index in [1.165, 1.54) is 0 Å². The largest absolute Gasteiger partial charge is 0.380 e. The van der Waals surface area contributed by atoms with Crippen LogP contribution in [0.2, 0.25) is 0 Å². The summed E-state index contributed by atoms with van der Waals surface area (Å²) >= 11 is 0. The predicted octanol–water partition coefficient (Wildman–Crippen LogP) is 1.87. The minimum absolute atomic E-state index is 0.0270. The molecule has 2 fully saturated rings. The smallest absolute Gasteiger partial charge is 0.254 e.